The van der Waals surface area contributed by atoms with Crippen molar-refractivity contribution in [1.29, 1.82) is 0 Å². The van der Waals surface area contributed by atoms with Gasteiger partial charge in [0.25, 0.3) is 5.56 Å². The van der Waals surface area contributed by atoms with Crippen molar-refractivity contribution in [3.05, 3.63) is 88.5 Å². The lowest BCUT2D eigenvalue weighted by molar-refractivity contribution is 0.580. The summed E-state index contributed by atoms with van der Waals surface area (Å²) in [5.41, 5.74) is 3.78. The van der Waals surface area contributed by atoms with E-state index in [2.05, 4.69) is 21.1 Å². The molecule has 4 heterocycles. The number of rotatable bonds is 4. The molecule has 5 rings (SSSR count). The van der Waals surface area contributed by atoms with Crippen molar-refractivity contribution in [2.45, 2.75) is 13.0 Å². The zero-order valence-corrected chi connectivity index (χ0v) is 15.8. The van der Waals surface area contributed by atoms with Gasteiger partial charge in [-0.1, -0.05) is 24.3 Å². The lowest BCUT2D eigenvalue weighted by Gasteiger charge is -2.06. The summed E-state index contributed by atoms with van der Waals surface area (Å²) in [6.45, 7) is 0.492. The zero-order chi connectivity index (χ0) is 18.9. The fourth-order valence-corrected chi connectivity index (χ4v) is 4.29. The minimum absolute atomic E-state index is 0.0636. The molecule has 1 aromatic carbocycles. The van der Waals surface area contributed by atoms with Gasteiger partial charge in [-0.3, -0.25) is 14.8 Å². The largest absolute Gasteiger partial charge is 0.276 e. The first-order valence-electron chi connectivity index (χ1n) is 9.02. The van der Waals surface area contributed by atoms with E-state index in [4.69, 9.17) is 0 Å². The molecule has 0 bridgehead atoms. The Kier molecular flexibility index (Phi) is 4.18. The van der Waals surface area contributed by atoms with Gasteiger partial charge in [0, 0.05) is 40.8 Å². The molecule has 0 aliphatic carbocycles. The fraction of sp³-hybridized carbons (Fsp3) is 0.0909. The second kappa shape index (κ2) is 6.98. The molecule has 0 aliphatic heterocycles. The van der Waals surface area contributed by atoms with E-state index in [0.717, 1.165) is 37.8 Å². The van der Waals surface area contributed by atoms with Gasteiger partial charge in [0.15, 0.2) is 0 Å². The zero-order valence-electron chi connectivity index (χ0n) is 14.9. The van der Waals surface area contributed by atoms with Gasteiger partial charge in [0.2, 0.25) is 0 Å². The molecule has 6 heteroatoms. The van der Waals surface area contributed by atoms with Crippen molar-refractivity contribution in [2.75, 3.05) is 0 Å². The molecule has 0 spiro atoms. The number of hydrogen-bond donors (Lipinski definition) is 0. The summed E-state index contributed by atoms with van der Waals surface area (Å²) in [5, 5.41) is 8.21. The van der Waals surface area contributed by atoms with Gasteiger partial charge in [-0.25, -0.2) is 4.68 Å². The van der Waals surface area contributed by atoms with Crippen LogP contribution in [0.25, 0.3) is 32.1 Å². The highest BCUT2D eigenvalue weighted by atomic mass is 32.1. The topological polar surface area (TPSA) is 60.7 Å². The average molecular weight is 384 g/mol. The molecule has 0 saturated carbocycles. The number of thiophene rings is 1. The van der Waals surface area contributed by atoms with Crippen LogP contribution in [-0.2, 0) is 13.0 Å². The Morgan fingerprint density at radius 3 is 2.75 bits per heavy atom. The predicted molar refractivity (Wildman–Crippen MR) is 113 cm³/mol. The van der Waals surface area contributed by atoms with Gasteiger partial charge < -0.3 is 0 Å². The van der Waals surface area contributed by atoms with E-state index in [9.17, 15) is 4.79 Å². The van der Waals surface area contributed by atoms with Crippen LogP contribution in [0.15, 0.2) is 77.3 Å². The second-order valence-corrected chi connectivity index (χ2v) is 7.45. The normalized spacial score (nSPS) is 11.3. The molecular weight excluding hydrogens is 368 g/mol. The molecule has 0 aliphatic rings. The Bertz CT molecular complexity index is 1340. The van der Waals surface area contributed by atoms with Gasteiger partial charge in [0.1, 0.15) is 0 Å². The van der Waals surface area contributed by atoms with E-state index in [1.54, 1.807) is 18.6 Å². The van der Waals surface area contributed by atoms with Gasteiger partial charge in [-0.05, 0) is 29.8 Å². The molecule has 0 amide bonds. The van der Waals surface area contributed by atoms with Gasteiger partial charge in [0.05, 0.1) is 28.3 Å². The van der Waals surface area contributed by atoms with Crippen LogP contribution in [0.5, 0.6) is 0 Å². The van der Waals surface area contributed by atoms with Crippen molar-refractivity contribution < 1.29 is 0 Å². The molecule has 0 saturated heterocycles. The average Bonchev–Trinajstić information content (AvgIpc) is 3.19. The van der Waals surface area contributed by atoms with E-state index < -0.39 is 0 Å². The summed E-state index contributed by atoms with van der Waals surface area (Å²) in [6.07, 6.45) is 5.91. The van der Waals surface area contributed by atoms with E-state index in [0.29, 0.717) is 13.0 Å². The summed E-state index contributed by atoms with van der Waals surface area (Å²) in [5.74, 6) is 0. The van der Waals surface area contributed by atoms with Crippen LogP contribution in [0, 0.1) is 0 Å². The Morgan fingerprint density at radius 1 is 1.00 bits per heavy atom. The van der Waals surface area contributed by atoms with Crippen LogP contribution in [-0.4, -0.2) is 19.7 Å². The van der Waals surface area contributed by atoms with Crippen molar-refractivity contribution in [1.82, 2.24) is 19.7 Å². The first-order valence-corrected chi connectivity index (χ1v) is 9.90. The molecule has 0 unspecified atom stereocenters. The summed E-state index contributed by atoms with van der Waals surface area (Å²) >= 11 is 1.54. The number of benzene rings is 1. The number of hydrogen-bond acceptors (Lipinski definition) is 5. The Labute approximate surface area is 164 Å². The molecular formula is C22H16N4OS. The number of aromatic nitrogens is 4. The standard InChI is InChI=1S/C22H16N4OS/c27-22-21-18(15-7-10-23-11-8-15)14-28-20(21)13-24-26(22)12-9-17-6-5-16-3-1-2-4-19(16)25-17/h1-8,10-11,13-14H,9,12H2. The van der Waals surface area contributed by atoms with Crippen LogP contribution < -0.4 is 5.56 Å². The van der Waals surface area contributed by atoms with E-state index in [1.807, 2.05) is 47.8 Å². The van der Waals surface area contributed by atoms with Crippen molar-refractivity contribution >= 4 is 32.3 Å². The summed E-state index contributed by atoms with van der Waals surface area (Å²) in [4.78, 5) is 21.8. The molecule has 28 heavy (non-hydrogen) atoms. The van der Waals surface area contributed by atoms with Crippen LogP contribution in [0.3, 0.4) is 0 Å². The molecule has 0 N–H and O–H groups in total. The quantitative estimate of drug-likeness (QED) is 0.463. The Balaban J connectivity index is 1.49. The highest BCUT2D eigenvalue weighted by Crippen LogP contribution is 2.30. The lowest BCUT2D eigenvalue weighted by atomic mass is 10.1. The van der Waals surface area contributed by atoms with Crippen LogP contribution >= 0.6 is 11.3 Å². The number of para-hydroxylation sites is 1. The van der Waals surface area contributed by atoms with Crippen LogP contribution in [0.2, 0.25) is 0 Å². The molecule has 5 aromatic rings. The predicted octanol–water partition coefficient (Wildman–Crippen LogP) is 4.31. The summed E-state index contributed by atoms with van der Waals surface area (Å²) < 4.78 is 2.44. The van der Waals surface area contributed by atoms with Gasteiger partial charge in [-0.2, -0.15) is 5.10 Å². The second-order valence-electron chi connectivity index (χ2n) is 6.54. The smallest absolute Gasteiger partial charge is 0.267 e. The maximum Gasteiger partial charge on any atom is 0.276 e. The minimum atomic E-state index is -0.0636. The third-order valence-electron chi connectivity index (χ3n) is 4.81. The maximum atomic E-state index is 13.1. The van der Waals surface area contributed by atoms with Crippen LogP contribution in [0.4, 0.5) is 0 Å². The highest BCUT2D eigenvalue weighted by molar-refractivity contribution is 7.17. The lowest BCUT2D eigenvalue weighted by Crippen LogP contribution is -2.23. The molecule has 136 valence electrons. The third kappa shape index (κ3) is 2.97. The molecule has 0 radical (unpaired) electrons. The van der Waals surface area contributed by atoms with E-state index in [1.165, 1.54) is 16.0 Å². The molecule has 4 aromatic heterocycles. The summed E-state index contributed by atoms with van der Waals surface area (Å²) in [6, 6.07) is 16.0. The van der Waals surface area contributed by atoms with Crippen LogP contribution in [0.1, 0.15) is 5.69 Å². The SMILES string of the molecule is O=c1c2c(-c3ccncc3)csc2cnn1CCc1ccc2ccccc2n1. The monoisotopic (exact) mass is 384 g/mol. The Hall–Kier alpha value is -3.38. The molecule has 0 atom stereocenters. The van der Waals surface area contributed by atoms with Gasteiger partial charge in [-0.15, -0.1) is 11.3 Å². The fourth-order valence-electron chi connectivity index (χ4n) is 3.36. The van der Waals surface area contributed by atoms with Crippen molar-refractivity contribution in [3.63, 3.8) is 0 Å². The van der Waals surface area contributed by atoms with Crippen molar-refractivity contribution in [3.8, 4) is 11.1 Å². The highest BCUT2D eigenvalue weighted by Gasteiger charge is 2.13. The number of pyridine rings is 2. The Morgan fingerprint density at radius 2 is 1.86 bits per heavy atom. The van der Waals surface area contributed by atoms with Gasteiger partial charge >= 0.3 is 0 Å². The van der Waals surface area contributed by atoms with Crippen molar-refractivity contribution in [2.24, 2.45) is 0 Å². The maximum absolute atomic E-state index is 13.1. The summed E-state index contributed by atoms with van der Waals surface area (Å²) in [7, 11) is 0. The molecule has 5 nitrogen and oxygen atoms in total. The first-order chi connectivity index (χ1) is 13.8. The third-order valence-corrected chi connectivity index (χ3v) is 5.73. The number of nitrogens with zero attached hydrogens (tertiary/aromatic N) is 4. The first kappa shape index (κ1) is 16.8. The minimum Gasteiger partial charge on any atom is -0.267 e. The molecule has 0 fully saturated rings. The van der Waals surface area contributed by atoms with E-state index in [-0.39, 0.29) is 5.56 Å². The number of fused-ring (bicyclic) bond motifs is 2. The number of aryl methyl sites for hydroxylation is 2. The van der Waals surface area contributed by atoms with E-state index >= 15 is 0 Å².